The Morgan fingerprint density at radius 3 is 2.28 bits per heavy atom. The second-order valence-corrected chi connectivity index (χ2v) is 11.4. The predicted octanol–water partition coefficient (Wildman–Crippen LogP) is 6.61. The number of nitrogens with zero attached hydrogens (tertiary/aromatic N) is 4. The van der Waals surface area contributed by atoms with Crippen LogP contribution in [0.15, 0.2) is 134 Å². The third kappa shape index (κ3) is 8.36. The molecule has 7 rings (SSSR count). The summed E-state index contributed by atoms with van der Waals surface area (Å²) in [5, 5.41) is 14.7. The third-order valence-electron chi connectivity index (χ3n) is 7.87. The van der Waals surface area contributed by atoms with Gasteiger partial charge in [0.15, 0.2) is 12.4 Å². The molecular weight excluding hydrogens is 626 g/mol. The number of H-pyrrole nitrogens is 1. The third-order valence-corrected chi connectivity index (χ3v) is 7.87. The van der Waals surface area contributed by atoms with E-state index in [1.54, 1.807) is 12.3 Å². The topological polar surface area (TPSA) is 125 Å². The maximum absolute atomic E-state index is 12.5. The van der Waals surface area contributed by atoms with Crippen molar-refractivity contribution < 1.29 is 14.3 Å². The maximum Gasteiger partial charge on any atom is 0.258 e. The molecule has 2 aromatic heterocycles. The molecule has 0 fully saturated rings. The number of ether oxygens (including phenoxy) is 1. The summed E-state index contributed by atoms with van der Waals surface area (Å²) in [5.41, 5.74) is 5.37. The Morgan fingerprint density at radius 1 is 0.820 bits per heavy atom. The van der Waals surface area contributed by atoms with Crippen LogP contribution in [0.4, 0.5) is 11.5 Å². The van der Waals surface area contributed by atoms with Gasteiger partial charge in [-0.2, -0.15) is 5.10 Å². The van der Waals surface area contributed by atoms with Crippen molar-refractivity contribution in [1.82, 2.24) is 30.8 Å². The zero-order valence-corrected chi connectivity index (χ0v) is 27.6. The molecule has 0 radical (unpaired) electrons. The number of para-hydroxylation sites is 2. The summed E-state index contributed by atoms with van der Waals surface area (Å²) in [7, 11) is 1.95. The van der Waals surface area contributed by atoms with Crippen LogP contribution in [0.3, 0.4) is 0 Å². The van der Waals surface area contributed by atoms with Crippen LogP contribution in [0, 0.1) is 0 Å². The number of rotatable bonds is 12. The number of amides is 1. The van der Waals surface area contributed by atoms with Gasteiger partial charge in [0.2, 0.25) is 0 Å². The molecule has 250 valence electrons. The van der Waals surface area contributed by atoms with Crippen molar-refractivity contribution in [3.63, 3.8) is 0 Å². The predicted molar refractivity (Wildman–Crippen MR) is 197 cm³/mol. The zero-order valence-electron chi connectivity index (χ0n) is 27.6. The number of aromatic nitrogens is 4. The molecular formula is C40H37N7O3. The lowest BCUT2D eigenvalue weighted by Crippen LogP contribution is -2.28. The van der Waals surface area contributed by atoms with Gasteiger partial charge in [-0.25, -0.2) is 9.97 Å². The van der Waals surface area contributed by atoms with E-state index in [4.69, 9.17) is 14.7 Å². The summed E-state index contributed by atoms with van der Waals surface area (Å²) in [5.74, 6) is 1.23. The molecule has 0 spiro atoms. The lowest BCUT2D eigenvalue weighted by Gasteiger charge is -2.24. The minimum Gasteiger partial charge on any atom is -0.483 e. The molecule has 0 aliphatic rings. The molecule has 10 nitrogen and oxygen atoms in total. The number of nitrogens with one attached hydrogen (secondary N) is 3. The van der Waals surface area contributed by atoms with Gasteiger partial charge < -0.3 is 25.1 Å². The molecule has 0 aliphatic carbocycles. The van der Waals surface area contributed by atoms with Crippen molar-refractivity contribution in [2.75, 3.05) is 25.1 Å². The normalized spacial score (nSPS) is 10.7. The Labute approximate surface area is 290 Å². The molecule has 3 N–H and O–H groups in total. The number of anilines is 2. The second-order valence-electron chi connectivity index (χ2n) is 11.4. The van der Waals surface area contributed by atoms with Crippen molar-refractivity contribution in [1.29, 1.82) is 0 Å². The van der Waals surface area contributed by atoms with Crippen LogP contribution in [0.2, 0.25) is 0 Å². The first-order valence-corrected chi connectivity index (χ1v) is 16.3. The summed E-state index contributed by atoms with van der Waals surface area (Å²) >= 11 is 0. The van der Waals surface area contributed by atoms with Crippen molar-refractivity contribution in [3.8, 4) is 17.1 Å². The van der Waals surface area contributed by atoms with Crippen LogP contribution in [-0.4, -0.2) is 52.6 Å². The van der Waals surface area contributed by atoms with Crippen LogP contribution in [-0.2, 0) is 22.7 Å². The van der Waals surface area contributed by atoms with E-state index in [0.717, 1.165) is 40.4 Å². The first kappa shape index (κ1) is 33.5. The van der Waals surface area contributed by atoms with E-state index in [2.05, 4.69) is 33.0 Å². The van der Waals surface area contributed by atoms with Gasteiger partial charge in [-0.05, 0) is 60.6 Å². The SMILES string of the molecule is CNCc1ccccc1.O=CCN(c1ccc2[nH]ncc2c1)c1nc(-c2ccccc2OCC(=O)NCc2ccccc2)nc2ccccc12. The highest BCUT2D eigenvalue weighted by Crippen LogP contribution is 2.35. The van der Waals surface area contributed by atoms with Gasteiger partial charge in [0.1, 0.15) is 17.9 Å². The van der Waals surface area contributed by atoms with Crippen molar-refractivity contribution >= 4 is 45.5 Å². The van der Waals surface area contributed by atoms with E-state index in [-0.39, 0.29) is 19.1 Å². The first-order chi connectivity index (χ1) is 24.6. The maximum atomic E-state index is 12.5. The van der Waals surface area contributed by atoms with Gasteiger partial charge in [-0.1, -0.05) is 84.9 Å². The number of fused-ring (bicyclic) bond motifs is 2. The summed E-state index contributed by atoms with van der Waals surface area (Å²) < 4.78 is 5.95. The molecule has 0 unspecified atom stereocenters. The molecule has 1 amide bonds. The van der Waals surface area contributed by atoms with E-state index in [1.807, 2.05) is 121 Å². The van der Waals surface area contributed by atoms with Crippen LogP contribution >= 0.6 is 0 Å². The average molecular weight is 664 g/mol. The highest BCUT2D eigenvalue weighted by Gasteiger charge is 2.19. The minimum atomic E-state index is -0.240. The Bertz CT molecular complexity index is 2170. The fraction of sp³-hybridized carbons (Fsp3) is 0.125. The molecule has 0 bridgehead atoms. The first-order valence-electron chi connectivity index (χ1n) is 16.3. The van der Waals surface area contributed by atoms with Crippen molar-refractivity contribution in [2.45, 2.75) is 13.1 Å². The number of aldehydes is 1. The van der Waals surface area contributed by atoms with Gasteiger partial charge in [-0.15, -0.1) is 0 Å². The monoisotopic (exact) mass is 663 g/mol. The highest BCUT2D eigenvalue weighted by molar-refractivity contribution is 5.95. The molecule has 0 saturated carbocycles. The van der Waals surface area contributed by atoms with Crippen LogP contribution in [0.25, 0.3) is 33.2 Å². The summed E-state index contributed by atoms with van der Waals surface area (Å²) in [6.45, 7) is 1.30. The fourth-order valence-electron chi connectivity index (χ4n) is 5.44. The van der Waals surface area contributed by atoms with E-state index >= 15 is 0 Å². The second kappa shape index (κ2) is 16.6. The lowest BCUT2D eigenvalue weighted by molar-refractivity contribution is -0.123. The van der Waals surface area contributed by atoms with Crippen LogP contribution < -0.4 is 20.3 Å². The van der Waals surface area contributed by atoms with Gasteiger partial charge in [0, 0.05) is 29.5 Å². The largest absolute Gasteiger partial charge is 0.483 e. The lowest BCUT2D eigenvalue weighted by atomic mass is 10.1. The van der Waals surface area contributed by atoms with Gasteiger partial charge in [0.25, 0.3) is 5.91 Å². The Hall–Kier alpha value is -6.39. The molecule has 7 aromatic rings. The molecule has 0 saturated heterocycles. The Kier molecular flexibility index (Phi) is 11.1. The summed E-state index contributed by atoms with van der Waals surface area (Å²) in [6, 6.07) is 40.8. The Balaban J connectivity index is 0.000000419. The van der Waals surface area contributed by atoms with Gasteiger partial charge in [-0.3, -0.25) is 9.89 Å². The number of carbonyl (C=O) groups excluding carboxylic acids is 2. The van der Waals surface area contributed by atoms with E-state index < -0.39 is 0 Å². The molecule has 50 heavy (non-hydrogen) atoms. The van der Waals surface area contributed by atoms with E-state index in [0.29, 0.717) is 35.0 Å². The molecule has 5 aromatic carbocycles. The van der Waals surface area contributed by atoms with Crippen molar-refractivity contribution in [3.05, 3.63) is 145 Å². The highest BCUT2D eigenvalue weighted by atomic mass is 16.5. The van der Waals surface area contributed by atoms with Gasteiger partial charge in [0.05, 0.1) is 29.3 Å². The molecule has 0 atom stereocenters. The van der Waals surface area contributed by atoms with Crippen LogP contribution in [0.1, 0.15) is 11.1 Å². The zero-order chi connectivity index (χ0) is 34.5. The number of benzene rings is 5. The average Bonchev–Trinajstić information content (AvgIpc) is 3.65. The fourth-order valence-corrected chi connectivity index (χ4v) is 5.44. The summed E-state index contributed by atoms with van der Waals surface area (Å²) in [4.78, 5) is 36.0. The quantitative estimate of drug-likeness (QED) is 0.125. The summed E-state index contributed by atoms with van der Waals surface area (Å²) in [6.07, 6.45) is 2.59. The van der Waals surface area contributed by atoms with E-state index in [1.165, 1.54) is 5.56 Å². The Morgan fingerprint density at radius 2 is 1.52 bits per heavy atom. The number of hydrogen-bond donors (Lipinski definition) is 3. The van der Waals surface area contributed by atoms with E-state index in [9.17, 15) is 9.59 Å². The molecule has 10 heteroatoms. The smallest absolute Gasteiger partial charge is 0.258 e. The number of carbonyl (C=O) groups is 2. The van der Waals surface area contributed by atoms with Crippen LogP contribution in [0.5, 0.6) is 5.75 Å². The minimum absolute atomic E-state index is 0.0868. The number of aromatic amines is 1. The molecule has 0 aliphatic heterocycles. The van der Waals surface area contributed by atoms with Crippen molar-refractivity contribution in [2.24, 2.45) is 0 Å². The molecule has 2 heterocycles. The number of hydrogen-bond acceptors (Lipinski definition) is 8. The standard InChI is InChI=1S/C32H26N6O3.C8H11N/c39-17-16-38(24-14-15-27-23(18-24)20-34-37-27)32-25-10-4-6-12-28(25)35-31(36-32)26-11-5-7-13-29(26)41-21-30(40)33-19-22-8-2-1-3-9-22;1-9-7-8-5-3-2-4-6-8/h1-15,17-18,20H,16,19,21H2,(H,33,40)(H,34,37);2-6,9H,7H2,1H3. The van der Waals surface area contributed by atoms with Gasteiger partial charge >= 0.3 is 0 Å².